The lowest BCUT2D eigenvalue weighted by atomic mass is 10.2. The molecular weight excluding hydrogens is 255 g/mol. The number of nitrogens with zero attached hydrogens (tertiary/aromatic N) is 3. The molecule has 0 spiro atoms. The Kier molecular flexibility index (Phi) is 4.39. The number of hydrogen-bond acceptors (Lipinski definition) is 6. The third kappa shape index (κ3) is 3.17. The maximum atomic E-state index is 13.4. The molecule has 0 aliphatic carbocycles. The maximum absolute atomic E-state index is 13.4. The minimum absolute atomic E-state index is 0.0135. The van der Waals surface area contributed by atoms with Crippen LogP contribution in [0.25, 0.3) is 0 Å². The van der Waals surface area contributed by atoms with Gasteiger partial charge in [-0.3, -0.25) is 10.1 Å². The summed E-state index contributed by atoms with van der Waals surface area (Å²) in [6.07, 6.45) is 1.04. The van der Waals surface area contributed by atoms with Crippen LogP contribution in [0.1, 0.15) is 0 Å². The third-order valence-corrected chi connectivity index (χ3v) is 2.08. The first kappa shape index (κ1) is 13.9. The van der Waals surface area contributed by atoms with E-state index in [1.807, 2.05) is 0 Å². The predicted molar refractivity (Wildman–Crippen MR) is 62.5 cm³/mol. The normalized spacial score (nSPS) is 8.84. The molecule has 0 saturated carbocycles. The number of nitro groups is 1. The van der Waals surface area contributed by atoms with Gasteiger partial charge in [-0.25, -0.2) is 0 Å². The summed E-state index contributed by atoms with van der Waals surface area (Å²) in [4.78, 5) is 9.67. The van der Waals surface area contributed by atoms with E-state index in [2.05, 4.69) is 5.32 Å². The summed E-state index contributed by atoms with van der Waals surface area (Å²) in [5.74, 6) is -1.04. The topological polar surface area (TPSA) is 112 Å². The van der Waals surface area contributed by atoms with Crippen LogP contribution < -0.4 is 10.1 Å². The second-order valence-corrected chi connectivity index (χ2v) is 3.19. The Morgan fingerprint density at radius 1 is 1.53 bits per heavy atom. The molecule has 0 unspecified atom stereocenters. The first-order valence-electron chi connectivity index (χ1n) is 4.82. The standard InChI is InChI=1S/C11H7FN4O3/c1-19-11-3-10(16(17)18)8(12)2-9(11)15-6-7(4-13)5-14/h2-3,6,15H,1H3. The molecule has 1 aromatic rings. The molecule has 1 rings (SSSR count). The second kappa shape index (κ2) is 5.98. The Morgan fingerprint density at radius 3 is 2.63 bits per heavy atom. The number of hydrogen-bond donors (Lipinski definition) is 1. The smallest absolute Gasteiger partial charge is 0.308 e. The van der Waals surface area contributed by atoms with E-state index in [9.17, 15) is 14.5 Å². The fourth-order valence-electron chi connectivity index (χ4n) is 1.20. The molecule has 0 saturated heterocycles. The van der Waals surface area contributed by atoms with Gasteiger partial charge < -0.3 is 10.1 Å². The van der Waals surface area contributed by atoms with E-state index in [0.29, 0.717) is 0 Å². The van der Waals surface area contributed by atoms with Crippen LogP contribution in [-0.2, 0) is 0 Å². The van der Waals surface area contributed by atoms with Crippen molar-refractivity contribution in [1.82, 2.24) is 0 Å². The molecule has 19 heavy (non-hydrogen) atoms. The van der Waals surface area contributed by atoms with Crippen molar-refractivity contribution in [2.45, 2.75) is 0 Å². The molecule has 0 amide bonds. The number of methoxy groups -OCH3 is 1. The Bertz CT molecular complexity index is 612. The molecule has 0 aliphatic rings. The molecular formula is C11H7FN4O3. The zero-order chi connectivity index (χ0) is 14.4. The average molecular weight is 262 g/mol. The van der Waals surface area contributed by atoms with E-state index in [0.717, 1.165) is 18.3 Å². The summed E-state index contributed by atoms with van der Waals surface area (Å²) in [5.41, 5.74) is -0.901. The lowest BCUT2D eigenvalue weighted by molar-refractivity contribution is -0.387. The molecule has 0 heterocycles. The predicted octanol–water partition coefficient (Wildman–Crippen LogP) is 2.09. The molecule has 8 heteroatoms. The van der Waals surface area contributed by atoms with Crippen LogP contribution >= 0.6 is 0 Å². The molecule has 0 atom stereocenters. The molecule has 1 aromatic carbocycles. The van der Waals surface area contributed by atoms with Gasteiger partial charge in [0.1, 0.15) is 23.5 Å². The van der Waals surface area contributed by atoms with Gasteiger partial charge >= 0.3 is 5.69 Å². The van der Waals surface area contributed by atoms with Crippen LogP contribution in [0.4, 0.5) is 15.8 Å². The number of nitrogens with one attached hydrogen (secondary N) is 1. The highest BCUT2D eigenvalue weighted by molar-refractivity contribution is 5.63. The van der Waals surface area contributed by atoms with Gasteiger partial charge in [-0.15, -0.1) is 0 Å². The van der Waals surface area contributed by atoms with Crippen molar-refractivity contribution < 1.29 is 14.1 Å². The van der Waals surface area contributed by atoms with Crippen molar-refractivity contribution in [2.75, 3.05) is 12.4 Å². The summed E-state index contributed by atoms with van der Waals surface area (Å²) in [7, 11) is 1.25. The van der Waals surface area contributed by atoms with Gasteiger partial charge in [0.05, 0.1) is 23.8 Å². The summed E-state index contributed by atoms with van der Waals surface area (Å²) in [6, 6.07) is 4.95. The third-order valence-electron chi connectivity index (χ3n) is 2.08. The Balaban J connectivity index is 3.20. The van der Waals surface area contributed by atoms with Crippen LogP contribution in [0.15, 0.2) is 23.9 Å². The molecule has 0 bridgehead atoms. The summed E-state index contributed by atoms with van der Waals surface area (Å²) < 4.78 is 18.3. The van der Waals surface area contributed by atoms with Gasteiger partial charge in [-0.2, -0.15) is 14.9 Å². The summed E-state index contributed by atoms with van der Waals surface area (Å²) >= 11 is 0. The molecule has 0 radical (unpaired) electrons. The van der Waals surface area contributed by atoms with E-state index in [4.69, 9.17) is 15.3 Å². The van der Waals surface area contributed by atoms with Crippen LogP contribution in [0.5, 0.6) is 5.75 Å². The Morgan fingerprint density at radius 2 is 2.16 bits per heavy atom. The van der Waals surface area contributed by atoms with Crippen LogP contribution in [0.2, 0.25) is 0 Å². The SMILES string of the molecule is COc1cc([N+](=O)[O-])c(F)cc1NC=C(C#N)C#N. The zero-order valence-electron chi connectivity index (χ0n) is 9.68. The van der Waals surface area contributed by atoms with Crippen molar-refractivity contribution in [3.63, 3.8) is 0 Å². The van der Waals surface area contributed by atoms with Crippen LogP contribution in [0, 0.1) is 38.6 Å². The highest BCUT2D eigenvalue weighted by atomic mass is 19.1. The maximum Gasteiger partial charge on any atom is 0.308 e. The van der Waals surface area contributed by atoms with Crippen LogP contribution in [0.3, 0.4) is 0 Å². The Hall–Kier alpha value is -3.13. The van der Waals surface area contributed by atoms with E-state index in [1.165, 1.54) is 7.11 Å². The van der Waals surface area contributed by atoms with Crippen LogP contribution in [-0.4, -0.2) is 12.0 Å². The molecule has 1 N–H and O–H groups in total. The largest absolute Gasteiger partial charge is 0.494 e. The van der Waals surface area contributed by atoms with E-state index in [-0.39, 0.29) is 17.0 Å². The molecule has 0 aliphatic heterocycles. The van der Waals surface area contributed by atoms with Gasteiger partial charge in [0.15, 0.2) is 0 Å². The minimum atomic E-state index is -1.06. The van der Waals surface area contributed by atoms with E-state index >= 15 is 0 Å². The highest BCUT2D eigenvalue weighted by Crippen LogP contribution is 2.31. The zero-order valence-corrected chi connectivity index (χ0v) is 9.68. The number of nitriles is 2. The average Bonchev–Trinajstić information content (AvgIpc) is 2.39. The molecule has 0 fully saturated rings. The summed E-state index contributed by atoms with van der Waals surface area (Å²) in [5, 5.41) is 30.1. The number of allylic oxidation sites excluding steroid dienone is 1. The lowest BCUT2D eigenvalue weighted by Gasteiger charge is -2.08. The summed E-state index contributed by atoms with van der Waals surface area (Å²) in [6.45, 7) is 0. The molecule has 7 nitrogen and oxygen atoms in total. The van der Waals surface area contributed by atoms with Gasteiger partial charge in [-0.1, -0.05) is 0 Å². The number of halogens is 1. The van der Waals surface area contributed by atoms with Gasteiger partial charge in [-0.05, 0) is 0 Å². The van der Waals surface area contributed by atoms with Crippen molar-refractivity contribution in [1.29, 1.82) is 10.5 Å². The monoisotopic (exact) mass is 262 g/mol. The first-order chi connectivity index (χ1) is 9.03. The van der Waals surface area contributed by atoms with Gasteiger partial charge in [0.2, 0.25) is 5.82 Å². The molecule has 96 valence electrons. The molecule has 0 aromatic heterocycles. The minimum Gasteiger partial charge on any atom is -0.494 e. The second-order valence-electron chi connectivity index (χ2n) is 3.19. The lowest BCUT2D eigenvalue weighted by Crippen LogP contribution is -1.99. The number of nitro benzene ring substituents is 1. The fourth-order valence-corrected chi connectivity index (χ4v) is 1.20. The first-order valence-corrected chi connectivity index (χ1v) is 4.82. The van der Waals surface area contributed by atoms with E-state index in [1.54, 1.807) is 12.1 Å². The van der Waals surface area contributed by atoms with Gasteiger partial charge in [0, 0.05) is 12.3 Å². The van der Waals surface area contributed by atoms with Crippen molar-refractivity contribution in [3.05, 3.63) is 39.8 Å². The highest BCUT2D eigenvalue weighted by Gasteiger charge is 2.18. The number of benzene rings is 1. The van der Waals surface area contributed by atoms with Crippen molar-refractivity contribution >= 4 is 11.4 Å². The number of ether oxygens (including phenoxy) is 1. The van der Waals surface area contributed by atoms with E-state index < -0.39 is 16.4 Å². The fraction of sp³-hybridized carbons (Fsp3) is 0.0909. The van der Waals surface area contributed by atoms with Crippen molar-refractivity contribution in [3.8, 4) is 17.9 Å². The quantitative estimate of drug-likeness (QED) is 0.505. The van der Waals surface area contributed by atoms with Crippen molar-refractivity contribution in [2.24, 2.45) is 0 Å². The Labute approximate surface area is 107 Å². The number of rotatable bonds is 4. The van der Waals surface area contributed by atoms with Gasteiger partial charge in [0.25, 0.3) is 0 Å². The number of anilines is 1.